The molecule has 2 rings (SSSR count). The lowest BCUT2D eigenvalue weighted by Crippen LogP contribution is -2.38. The Hall–Kier alpha value is -1.93. The standard InChI is InChI=1S/C18H24BrN5OS/c1-12-16(26-13(2)24-12)11-23-18(20-3)22-9-5-8-21-17(25)14-6-4-7-15(19)10-14/h4,6-7,10H,5,8-9,11H2,1-3H3,(H,21,25)(H2,20,22,23). The van der Waals surface area contributed by atoms with Crippen molar-refractivity contribution in [3.05, 3.63) is 49.9 Å². The number of hydrogen-bond acceptors (Lipinski definition) is 4. The number of nitrogens with zero attached hydrogens (tertiary/aromatic N) is 2. The minimum Gasteiger partial charge on any atom is -0.356 e. The molecule has 8 heteroatoms. The molecule has 1 aromatic heterocycles. The van der Waals surface area contributed by atoms with E-state index in [-0.39, 0.29) is 5.91 Å². The fraction of sp³-hybridized carbons (Fsp3) is 0.389. The van der Waals surface area contributed by atoms with Gasteiger partial charge in [0.25, 0.3) is 5.91 Å². The first kappa shape index (κ1) is 20.4. The highest BCUT2D eigenvalue weighted by atomic mass is 79.9. The maximum Gasteiger partial charge on any atom is 0.251 e. The number of aryl methyl sites for hydroxylation is 2. The smallest absolute Gasteiger partial charge is 0.251 e. The molecule has 1 amide bonds. The number of aliphatic imine (C=N–C) groups is 1. The van der Waals surface area contributed by atoms with E-state index in [4.69, 9.17) is 0 Å². The summed E-state index contributed by atoms with van der Waals surface area (Å²) in [4.78, 5) is 21.9. The van der Waals surface area contributed by atoms with Crippen LogP contribution in [0.15, 0.2) is 33.7 Å². The molecule has 0 fully saturated rings. The minimum absolute atomic E-state index is 0.0650. The Labute approximate surface area is 166 Å². The van der Waals surface area contributed by atoms with Gasteiger partial charge < -0.3 is 16.0 Å². The second-order valence-corrected chi connectivity index (χ2v) is 7.92. The highest BCUT2D eigenvalue weighted by molar-refractivity contribution is 9.10. The van der Waals surface area contributed by atoms with Crippen LogP contribution in [0, 0.1) is 13.8 Å². The quantitative estimate of drug-likeness (QED) is 0.353. The van der Waals surface area contributed by atoms with Gasteiger partial charge >= 0.3 is 0 Å². The van der Waals surface area contributed by atoms with Crippen LogP contribution in [0.2, 0.25) is 0 Å². The number of benzene rings is 1. The molecule has 1 heterocycles. The van der Waals surface area contributed by atoms with Gasteiger partial charge in [0.1, 0.15) is 0 Å². The second kappa shape index (κ2) is 10.3. The molecule has 0 unspecified atom stereocenters. The van der Waals surface area contributed by atoms with Crippen molar-refractivity contribution in [3.8, 4) is 0 Å². The number of amides is 1. The number of aromatic nitrogens is 1. The minimum atomic E-state index is -0.0650. The van der Waals surface area contributed by atoms with Crippen molar-refractivity contribution in [3.63, 3.8) is 0 Å². The lowest BCUT2D eigenvalue weighted by molar-refractivity contribution is 0.0953. The van der Waals surface area contributed by atoms with Crippen molar-refractivity contribution in [2.45, 2.75) is 26.8 Å². The summed E-state index contributed by atoms with van der Waals surface area (Å²) in [6, 6.07) is 7.35. The van der Waals surface area contributed by atoms with E-state index < -0.39 is 0 Å². The number of guanidine groups is 1. The zero-order valence-corrected chi connectivity index (χ0v) is 17.6. The number of rotatable bonds is 7. The summed E-state index contributed by atoms with van der Waals surface area (Å²) < 4.78 is 0.896. The Bertz CT molecular complexity index is 775. The average molecular weight is 438 g/mol. The maximum absolute atomic E-state index is 12.1. The van der Waals surface area contributed by atoms with Gasteiger partial charge in [0, 0.05) is 35.1 Å². The summed E-state index contributed by atoms with van der Waals surface area (Å²) in [6.45, 7) is 6.06. The van der Waals surface area contributed by atoms with Crippen LogP contribution in [-0.4, -0.2) is 37.0 Å². The molecule has 3 N–H and O–H groups in total. The van der Waals surface area contributed by atoms with Crippen LogP contribution in [0.5, 0.6) is 0 Å². The molecule has 0 saturated carbocycles. The molecule has 0 radical (unpaired) electrons. The van der Waals surface area contributed by atoms with E-state index in [1.54, 1.807) is 24.5 Å². The monoisotopic (exact) mass is 437 g/mol. The van der Waals surface area contributed by atoms with Gasteiger partial charge in [-0.15, -0.1) is 11.3 Å². The number of nitrogens with one attached hydrogen (secondary N) is 3. The molecule has 0 atom stereocenters. The summed E-state index contributed by atoms with van der Waals surface area (Å²) in [6.07, 6.45) is 0.805. The van der Waals surface area contributed by atoms with Crippen LogP contribution < -0.4 is 16.0 Å². The van der Waals surface area contributed by atoms with Gasteiger partial charge in [-0.25, -0.2) is 4.98 Å². The average Bonchev–Trinajstić information content (AvgIpc) is 2.94. The second-order valence-electron chi connectivity index (χ2n) is 5.71. The lowest BCUT2D eigenvalue weighted by atomic mass is 10.2. The molecular weight excluding hydrogens is 414 g/mol. The molecule has 0 aliphatic heterocycles. The third-order valence-electron chi connectivity index (χ3n) is 3.66. The summed E-state index contributed by atoms with van der Waals surface area (Å²) in [5, 5.41) is 10.5. The zero-order valence-electron chi connectivity index (χ0n) is 15.2. The molecule has 26 heavy (non-hydrogen) atoms. The molecule has 0 aliphatic rings. The van der Waals surface area contributed by atoms with Gasteiger partial charge in [0.15, 0.2) is 5.96 Å². The van der Waals surface area contributed by atoms with Crippen molar-refractivity contribution in [2.75, 3.05) is 20.1 Å². The van der Waals surface area contributed by atoms with E-state index in [0.29, 0.717) is 18.7 Å². The number of thiazole rings is 1. The van der Waals surface area contributed by atoms with E-state index in [1.807, 2.05) is 32.0 Å². The predicted molar refractivity (Wildman–Crippen MR) is 111 cm³/mol. The number of hydrogen-bond donors (Lipinski definition) is 3. The normalized spacial score (nSPS) is 11.3. The molecule has 6 nitrogen and oxygen atoms in total. The summed E-state index contributed by atoms with van der Waals surface area (Å²) in [5.41, 5.74) is 1.71. The number of carbonyl (C=O) groups is 1. The summed E-state index contributed by atoms with van der Waals surface area (Å²) in [7, 11) is 1.75. The molecule has 0 spiro atoms. The van der Waals surface area contributed by atoms with E-state index in [2.05, 4.69) is 41.9 Å². The molecule has 0 saturated heterocycles. The molecule has 1 aromatic carbocycles. The van der Waals surface area contributed by atoms with Gasteiger partial charge in [-0.3, -0.25) is 9.79 Å². The van der Waals surface area contributed by atoms with Gasteiger partial charge in [-0.2, -0.15) is 0 Å². The van der Waals surface area contributed by atoms with E-state index in [1.165, 1.54) is 4.88 Å². The number of halogens is 1. The lowest BCUT2D eigenvalue weighted by Gasteiger charge is -2.12. The van der Waals surface area contributed by atoms with Crippen LogP contribution in [0.25, 0.3) is 0 Å². The third kappa shape index (κ3) is 6.42. The van der Waals surface area contributed by atoms with Crippen molar-refractivity contribution >= 4 is 39.1 Å². The Kier molecular flexibility index (Phi) is 8.06. The maximum atomic E-state index is 12.1. The van der Waals surface area contributed by atoms with Gasteiger partial charge in [0.2, 0.25) is 0 Å². The SMILES string of the molecule is CN=C(NCCCNC(=O)c1cccc(Br)c1)NCc1sc(C)nc1C. The fourth-order valence-corrected chi connectivity index (χ4v) is 3.63. The van der Waals surface area contributed by atoms with Gasteiger partial charge in [-0.1, -0.05) is 22.0 Å². The number of carbonyl (C=O) groups excluding carboxylic acids is 1. The Morgan fingerprint density at radius 3 is 2.65 bits per heavy atom. The van der Waals surface area contributed by atoms with Crippen LogP contribution in [0.4, 0.5) is 0 Å². The third-order valence-corrected chi connectivity index (χ3v) is 5.22. The van der Waals surface area contributed by atoms with Crippen molar-refractivity contribution in [2.24, 2.45) is 4.99 Å². The summed E-state index contributed by atoms with van der Waals surface area (Å²) >= 11 is 5.06. The van der Waals surface area contributed by atoms with Crippen molar-refractivity contribution in [1.29, 1.82) is 0 Å². The van der Waals surface area contributed by atoms with E-state index in [0.717, 1.165) is 34.1 Å². The largest absolute Gasteiger partial charge is 0.356 e. The molecule has 0 aliphatic carbocycles. The molecule has 2 aromatic rings. The van der Waals surface area contributed by atoms with Crippen LogP contribution in [-0.2, 0) is 6.54 Å². The Morgan fingerprint density at radius 1 is 1.23 bits per heavy atom. The highest BCUT2D eigenvalue weighted by Gasteiger charge is 2.06. The highest BCUT2D eigenvalue weighted by Crippen LogP contribution is 2.16. The van der Waals surface area contributed by atoms with Crippen LogP contribution in [0.1, 0.15) is 32.4 Å². The van der Waals surface area contributed by atoms with Crippen molar-refractivity contribution in [1.82, 2.24) is 20.9 Å². The molecular formula is C18H24BrN5OS. The topological polar surface area (TPSA) is 78.4 Å². The van der Waals surface area contributed by atoms with Crippen LogP contribution >= 0.6 is 27.3 Å². The Balaban J connectivity index is 1.66. The van der Waals surface area contributed by atoms with E-state index >= 15 is 0 Å². The molecule has 140 valence electrons. The van der Waals surface area contributed by atoms with Gasteiger partial charge in [-0.05, 0) is 38.5 Å². The zero-order chi connectivity index (χ0) is 18.9. The summed E-state index contributed by atoms with van der Waals surface area (Å²) in [5.74, 6) is 0.679. The fourth-order valence-electron chi connectivity index (χ4n) is 2.35. The first-order chi connectivity index (χ1) is 12.5. The van der Waals surface area contributed by atoms with Crippen LogP contribution in [0.3, 0.4) is 0 Å². The Morgan fingerprint density at radius 2 is 2.00 bits per heavy atom. The van der Waals surface area contributed by atoms with E-state index in [9.17, 15) is 4.79 Å². The van der Waals surface area contributed by atoms with Crippen molar-refractivity contribution < 1.29 is 4.79 Å². The first-order valence-electron chi connectivity index (χ1n) is 8.40. The predicted octanol–water partition coefficient (Wildman–Crippen LogP) is 3.01. The molecule has 0 bridgehead atoms. The van der Waals surface area contributed by atoms with Gasteiger partial charge in [0.05, 0.1) is 17.2 Å². The first-order valence-corrected chi connectivity index (χ1v) is 10.0.